The summed E-state index contributed by atoms with van der Waals surface area (Å²) in [6.45, 7) is 0.0474. The zero-order chi connectivity index (χ0) is 16.3. The van der Waals surface area contributed by atoms with Crippen molar-refractivity contribution in [2.24, 2.45) is 0 Å². The molecule has 0 aliphatic carbocycles. The van der Waals surface area contributed by atoms with Gasteiger partial charge in [0.1, 0.15) is 11.5 Å². The third-order valence-corrected chi connectivity index (χ3v) is 4.13. The van der Waals surface area contributed by atoms with E-state index in [1.165, 1.54) is 18.2 Å². The minimum Gasteiger partial charge on any atom is -0.375 e. The van der Waals surface area contributed by atoms with E-state index in [2.05, 4.69) is 5.32 Å². The highest BCUT2D eigenvalue weighted by Crippen LogP contribution is 2.28. The molecule has 8 heteroatoms. The lowest BCUT2D eigenvalue weighted by Gasteiger charge is -2.09. The van der Waals surface area contributed by atoms with Crippen molar-refractivity contribution in [3.63, 3.8) is 0 Å². The van der Waals surface area contributed by atoms with Gasteiger partial charge < -0.3 is 5.32 Å². The van der Waals surface area contributed by atoms with Crippen LogP contribution in [0.1, 0.15) is 5.56 Å². The van der Waals surface area contributed by atoms with E-state index in [0.29, 0.717) is 5.56 Å². The molecule has 2 aromatic rings. The molecule has 0 unspecified atom stereocenters. The van der Waals surface area contributed by atoms with Crippen LogP contribution in [0.3, 0.4) is 0 Å². The highest BCUT2D eigenvalue weighted by Gasteiger charge is 2.18. The number of sulfone groups is 1. The van der Waals surface area contributed by atoms with Gasteiger partial charge >= 0.3 is 0 Å². The first-order valence-corrected chi connectivity index (χ1v) is 8.14. The standard InChI is InChI=1S/C14H13FN2O4S/c1-22(20,21)11-6-7-13(14(8-11)17(18)19)16-9-10-4-2-3-5-12(10)15/h2-8,16H,9H2,1H3. The first kappa shape index (κ1) is 15.9. The molecule has 0 saturated carbocycles. The minimum atomic E-state index is -3.54. The maximum atomic E-state index is 13.5. The molecule has 0 amide bonds. The largest absolute Gasteiger partial charge is 0.375 e. The molecule has 1 N–H and O–H groups in total. The molecule has 0 spiro atoms. The maximum absolute atomic E-state index is 13.5. The average Bonchev–Trinajstić information content (AvgIpc) is 2.45. The predicted octanol–water partition coefficient (Wildman–Crippen LogP) is 2.75. The van der Waals surface area contributed by atoms with Gasteiger partial charge in [-0.15, -0.1) is 0 Å². The Morgan fingerprint density at radius 1 is 1.23 bits per heavy atom. The molecule has 0 atom stereocenters. The molecule has 0 radical (unpaired) electrons. The number of nitro groups is 1. The number of halogens is 1. The van der Waals surface area contributed by atoms with Gasteiger partial charge in [0.2, 0.25) is 0 Å². The lowest BCUT2D eigenvalue weighted by Crippen LogP contribution is -2.06. The van der Waals surface area contributed by atoms with Gasteiger partial charge in [-0.2, -0.15) is 0 Å². The van der Waals surface area contributed by atoms with Gasteiger partial charge in [-0.25, -0.2) is 12.8 Å². The summed E-state index contributed by atoms with van der Waals surface area (Å²) in [5.74, 6) is -0.426. The number of nitro benzene ring substituents is 1. The summed E-state index contributed by atoms with van der Waals surface area (Å²) in [5, 5.41) is 13.8. The fourth-order valence-corrected chi connectivity index (χ4v) is 2.52. The van der Waals surface area contributed by atoms with E-state index in [1.54, 1.807) is 18.2 Å². The van der Waals surface area contributed by atoms with Crippen molar-refractivity contribution in [2.45, 2.75) is 11.4 Å². The highest BCUT2D eigenvalue weighted by molar-refractivity contribution is 7.90. The van der Waals surface area contributed by atoms with Crippen molar-refractivity contribution < 1.29 is 17.7 Å². The Morgan fingerprint density at radius 2 is 1.91 bits per heavy atom. The van der Waals surface area contributed by atoms with Crippen molar-refractivity contribution in [3.05, 3.63) is 64.0 Å². The summed E-state index contributed by atoms with van der Waals surface area (Å²) in [5.41, 5.74) is 0.101. The van der Waals surface area contributed by atoms with Crippen molar-refractivity contribution in [1.82, 2.24) is 0 Å². The van der Waals surface area contributed by atoms with E-state index >= 15 is 0 Å². The molecule has 0 saturated heterocycles. The quantitative estimate of drug-likeness (QED) is 0.675. The fourth-order valence-electron chi connectivity index (χ4n) is 1.87. The van der Waals surface area contributed by atoms with Crippen LogP contribution in [0.4, 0.5) is 15.8 Å². The molecule has 0 aliphatic heterocycles. The van der Waals surface area contributed by atoms with E-state index in [4.69, 9.17) is 0 Å². The first-order valence-electron chi connectivity index (χ1n) is 6.25. The van der Waals surface area contributed by atoms with Crippen molar-refractivity contribution in [1.29, 1.82) is 0 Å². The average molecular weight is 324 g/mol. The second-order valence-corrected chi connectivity index (χ2v) is 6.67. The number of nitrogens with zero attached hydrogens (tertiary/aromatic N) is 1. The number of benzene rings is 2. The number of anilines is 1. The summed E-state index contributed by atoms with van der Waals surface area (Å²) < 4.78 is 36.4. The van der Waals surface area contributed by atoms with Crippen LogP contribution in [-0.4, -0.2) is 19.6 Å². The normalized spacial score (nSPS) is 11.2. The zero-order valence-corrected chi connectivity index (χ0v) is 12.4. The van der Waals surface area contributed by atoms with E-state index in [1.807, 2.05) is 0 Å². The van der Waals surface area contributed by atoms with Crippen LogP contribution in [-0.2, 0) is 16.4 Å². The zero-order valence-electron chi connectivity index (χ0n) is 11.6. The van der Waals surface area contributed by atoms with Crippen molar-refractivity contribution in [3.8, 4) is 0 Å². The Kier molecular flexibility index (Phi) is 4.41. The van der Waals surface area contributed by atoms with Crippen molar-refractivity contribution >= 4 is 21.2 Å². The summed E-state index contributed by atoms with van der Waals surface area (Å²) >= 11 is 0. The molecule has 2 rings (SSSR count). The van der Waals surface area contributed by atoms with Crippen molar-refractivity contribution in [2.75, 3.05) is 11.6 Å². The van der Waals surface area contributed by atoms with Gasteiger partial charge in [0, 0.05) is 24.4 Å². The number of nitrogens with one attached hydrogen (secondary N) is 1. The van der Waals surface area contributed by atoms with E-state index in [9.17, 15) is 22.9 Å². The van der Waals surface area contributed by atoms with E-state index in [-0.39, 0.29) is 22.8 Å². The van der Waals surface area contributed by atoms with Crippen LogP contribution >= 0.6 is 0 Å². The van der Waals surface area contributed by atoms with Crippen LogP contribution in [0, 0.1) is 15.9 Å². The topological polar surface area (TPSA) is 89.3 Å². The second kappa shape index (κ2) is 6.10. The van der Waals surface area contributed by atoms with Gasteiger partial charge in [0.25, 0.3) is 5.69 Å². The Hall–Kier alpha value is -2.48. The monoisotopic (exact) mass is 324 g/mol. The van der Waals surface area contributed by atoms with Gasteiger partial charge in [0.05, 0.1) is 9.82 Å². The molecule has 0 fully saturated rings. The third-order valence-electron chi connectivity index (χ3n) is 3.02. The molecule has 6 nitrogen and oxygen atoms in total. The first-order chi connectivity index (χ1) is 10.3. The number of rotatable bonds is 5. The van der Waals surface area contributed by atoms with E-state index < -0.39 is 20.6 Å². The molecule has 22 heavy (non-hydrogen) atoms. The summed E-state index contributed by atoms with van der Waals surface area (Å²) in [7, 11) is -3.54. The lowest BCUT2D eigenvalue weighted by atomic mass is 10.2. The summed E-state index contributed by atoms with van der Waals surface area (Å²) in [6.07, 6.45) is 0.971. The second-order valence-electron chi connectivity index (χ2n) is 4.65. The van der Waals surface area contributed by atoms with Crippen LogP contribution < -0.4 is 5.32 Å². The lowest BCUT2D eigenvalue weighted by molar-refractivity contribution is -0.384. The van der Waals surface area contributed by atoms with Gasteiger partial charge in [-0.05, 0) is 18.2 Å². The maximum Gasteiger partial charge on any atom is 0.293 e. The molecule has 116 valence electrons. The fraction of sp³-hybridized carbons (Fsp3) is 0.143. The Bertz CT molecular complexity index is 821. The third kappa shape index (κ3) is 3.59. The van der Waals surface area contributed by atoms with Gasteiger partial charge in [-0.1, -0.05) is 18.2 Å². The van der Waals surface area contributed by atoms with Crippen LogP contribution in [0.15, 0.2) is 47.4 Å². The van der Waals surface area contributed by atoms with Crippen LogP contribution in [0.2, 0.25) is 0 Å². The predicted molar refractivity (Wildman–Crippen MR) is 79.9 cm³/mol. The van der Waals surface area contributed by atoms with E-state index in [0.717, 1.165) is 12.3 Å². The minimum absolute atomic E-state index is 0.0474. The van der Waals surface area contributed by atoms with Gasteiger partial charge in [-0.3, -0.25) is 10.1 Å². The Labute approximate surface area is 126 Å². The van der Waals surface area contributed by atoms with Crippen LogP contribution in [0.5, 0.6) is 0 Å². The Morgan fingerprint density at radius 3 is 2.50 bits per heavy atom. The van der Waals surface area contributed by atoms with Gasteiger partial charge in [0.15, 0.2) is 9.84 Å². The number of hydrogen-bond donors (Lipinski definition) is 1. The molecule has 0 heterocycles. The molecule has 0 aliphatic rings. The molecular weight excluding hydrogens is 311 g/mol. The SMILES string of the molecule is CS(=O)(=O)c1ccc(NCc2ccccc2F)c([N+](=O)[O-])c1. The summed E-state index contributed by atoms with van der Waals surface area (Å²) in [4.78, 5) is 10.3. The molecule has 0 aromatic heterocycles. The molecular formula is C14H13FN2O4S. The highest BCUT2D eigenvalue weighted by atomic mass is 32.2. The molecule has 0 bridgehead atoms. The molecule has 2 aromatic carbocycles. The van der Waals surface area contributed by atoms with Crippen LogP contribution in [0.25, 0.3) is 0 Å². The number of hydrogen-bond acceptors (Lipinski definition) is 5. The Balaban J connectivity index is 2.31. The smallest absolute Gasteiger partial charge is 0.293 e. The summed E-state index contributed by atoms with van der Waals surface area (Å²) in [6, 6.07) is 9.60.